The number of fused-ring (bicyclic) bond motifs is 1. The van der Waals surface area contributed by atoms with E-state index in [2.05, 4.69) is 57.8 Å². The number of rotatable bonds is 10. The molecule has 0 radical (unpaired) electrons. The van der Waals surface area contributed by atoms with E-state index in [4.69, 9.17) is 0 Å². The van der Waals surface area contributed by atoms with Crippen molar-refractivity contribution in [1.82, 2.24) is 14.5 Å². The van der Waals surface area contributed by atoms with Gasteiger partial charge in [0.15, 0.2) is 0 Å². The van der Waals surface area contributed by atoms with Gasteiger partial charge in [0, 0.05) is 61.3 Å². The standard InChI is InChI=1S/C27H42N4O2S/c1-9-30(10-2)17-18-31(20-21-19-26(3,4)28-27(21,5)6)34(32,33)25-16-12-13-22-23(25)14-11-15-24(22)29(7)8/h11-16,19,28H,9-10,17-18,20H2,1-8H3. The molecule has 1 N–H and O–H groups in total. The summed E-state index contributed by atoms with van der Waals surface area (Å²) in [7, 11) is 0.226. The largest absolute Gasteiger partial charge is 0.377 e. The zero-order chi connectivity index (χ0) is 25.3. The Morgan fingerprint density at radius 1 is 0.882 bits per heavy atom. The second-order valence-corrected chi connectivity index (χ2v) is 12.4. The maximum absolute atomic E-state index is 14.2. The summed E-state index contributed by atoms with van der Waals surface area (Å²) in [5.41, 5.74) is 1.67. The molecule has 0 amide bonds. The average Bonchev–Trinajstić information content (AvgIpc) is 2.98. The van der Waals surface area contributed by atoms with Gasteiger partial charge in [0.25, 0.3) is 0 Å². The maximum Gasteiger partial charge on any atom is 0.244 e. The van der Waals surface area contributed by atoms with Gasteiger partial charge in [-0.05, 0) is 58.5 Å². The van der Waals surface area contributed by atoms with Crippen LogP contribution in [0.3, 0.4) is 0 Å². The minimum absolute atomic E-state index is 0.173. The van der Waals surface area contributed by atoms with Crippen LogP contribution in [0.4, 0.5) is 5.69 Å². The topological polar surface area (TPSA) is 55.9 Å². The number of benzene rings is 2. The Morgan fingerprint density at radius 2 is 1.50 bits per heavy atom. The van der Waals surface area contributed by atoms with Crippen LogP contribution in [0.5, 0.6) is 0 Å². The lowest BCUT2D eigenvalue weighted by Gasteiger charge is -2.32. The lowest BCUT2D eigenvalue weighted by Crippen LogP contribution is -2.48. The highest BCUT2D eigenvalue weighted by Gasteiger charge is 2.39. The quantitative estimate of drug-likeness (QED) is 0.507. The summed E-state index contributed by atoms with van der Waals surface area (Å²) >= 11 is 0. The molecule has 0 aromatic heterocycles. The minimum Gasteiger partial charge on any atom is -0.377 e. The monoisotopic (exact) mass is 486 g/mol. The predicted molar refractivity (Wildman–Crippen MR) is 144 cm³/mol. The lowest BCUT2D eigenvalue weighted by molar-refractivity contribution is 0.272. The van der Waals surface area contributed by atoms with Crippen molar-refractivity contribution < 1.29 is 8.42 Å². The molecule has 0 saturated heterocycles. The first-order valence-corrected chi connectivity index (χ1v) is 13.7. The van der Waals surface area contributed by atoms with Crippen molar-refractivity contribution in [2.24, 2.45) is 0 Å². The van der Waals surface area contributed by atoms with Crippen LogP contribution >= 0.6 is 0 Å². The Kier molecular flexibility index (Phi) is 7.82. The Morgan fingerprint density at radius 3 is 2.06 bits per heavy atom. The fraction of sp³-hybridized carbons (Fsp3) is 0.556. The summed E-state index contributed by atoms with van der Waals surface area (Å²) in [6.07, 6.45) is 2.19. The normalized spacial score (nSPS) is 17.5. The molecular weight excluding hydrogens is 444 g/mol. The van der Waals surface area contributed by atoms with E-state index in [-0.39, 0.29) is 11.1 Å². The lowest BCUT2D eigenvalue weighted by atomic mass is 9.97. The molecule has 2 aromatic rings. The molecule has 0 atom stereocenters. The van der Waals surface area contributed by atoms with Crippen molar-refractivity contribution in [2.45, 2.75) is 57.5 Å². The first-order chi connectivity index (χ1) is 15.8. The second kappa shape index (κ2) is 9.97. The molecule has 1 aliphatic heterocycles. The van der Waals surface area contributed by atoms with Crippen molar-refractivity contribution in [3.05, 3.63) is 48.0 Å². The SMILES string of the molecule is CCN(CC)CCN(CC1=CC(C)(C)NC1(C)C)S(=O)(=O)c1cccc2c(N(C)C)cccc12. The third kappa shape index (κ3) is 5.48. The fourth-order valence-electron chi connectivity index (χ4n) is 5.07. The fourth-order valence-corrected chi connectivity index (χ4v) is 6.68. The zero-order valence-corrected chi connectivity index (χ0v) is 23.0. The van der Waals surface area contributed by atoms with Gasteiger partial charge < -0.3 is 9.80 Å². The molecule has 3 rings (SSSR count). The van der Waals surface area contributed by atoms with Gasteiger partial charge in [-0.2, -0.15) is 4.31 Å². The van der Waals surface area contributed by atoms with Crippen molar-refractivity contribution in [3.63, 3.8) is 0 Å². The van der Waals surface area contributed by atoms with Crippen LogP contribution in [-0.2, 0) is 10.0 Å². The summed E-state index contributed by atoms with van der Waals surface area (Å²) in [6.45, 7) is 16.1. The number of nitrogens with zero attached hydrogens (tertiary/aromatic N) is 3. The number of likely N-dealkylation sites (N-methyl/N-ethyl adjacent to an activating group) is 1. The molecule has 0 spiro atoms. The van der Waals surface area contributed by atoms with Crippen LogP contribution in [0.1, 0.15) is 41.5 Å². The number of hydrogen-bond acceptors (Lipinski definition) is 5. The van der Waals surface area contributed by atoms with Crippen LogP contribution in [0.2, 0.25) is 0 Å². The number of nitrogens with one attached hydrogen (secondary N) is 1. The second-order valence-electron chi connectivity index (χ2n) is 10.5. The van der Waals surface area contributed by atoms with Gasteiger partial charge in [-0.3, -0.25) is 5.32 Å². The molecule has 1 heterocycles. The minimum atomic E-state index is -3.74. The Balaban J connectivity index is 2.09. The van der Waals surface area contributed by atoms with Gasteiger partial charge in [0.1, 0.15) is 0 Å². The summed E-state index contributed by atoms with van der Waals surface area (Å²) < 4.78 is 30.1. The highest BCUT2D eigenvalue weighted by Crippen LogP contribution is 2.34. The number of anilines is 1. The van der Waals surface area contributed by atoms with Crippen molar-refractivity contribution >= 4 is 26.5 Å². The molecule has 2 aromatic carbocycles. The van der Waals surface area contributed by atoms with E-state index < -0.39 is 10.0 Å². The van der Waals surface area contributed by atoms with E-state index in [1.807, 2.05) is 49.3 Å². The molecule has 6 nitrogen and oxygen atoms in total. The number of sulfonamides is 1. The van der Waals surface area contributed by atoms with Crippen LogP contribution < -0.4 is 10.2 Å². The van der Waals surface area contributed by atoms with Gasteiger partial charge in [-0.15, -0.1) is 0 Å². The molecule has 188 valence electrons. The van der Waals surface area contributed by atoms with Gasteiger partial charge in [-0.25, -0.2) is 8.42 Å². The van der Waals surface area contributed by atoms with Crippen molar-refractivity contribution in [2.75, 3.05) is 51.7 Å². The summed E-state index contributed by atoms with van der Waals surface area (Å²) in [4.78, 5) is 4.67. The van der Waals surface area contributed by atoms with Gasteiger partial charge in [0.2, 0.25) is 10.0 Å². The van der Waals surface area contributed by atoms with E-state index in [1.54, 1.807) is 10.4 Å². The predicted octanol–water partition coefficient (Wildman–Crippen LogP) is 4.33. The van der Waals surface area contributed by atoms with Gasteiger partial charge >= 0.3 is 0 Å². The Labute approximate surface area is 206 Å². The van der Waals surface area contributed by atoms with Crippen molar-refractivity contribution in [3.8, 4) is 0 Å². The molecule has 0 aliphatic carbocycles. The van der Waals surface area contributed by atoms with E-state index in [0.717, 1.165) is 35.1 Å². The average molecular weight is 487 g/mol. The Hall–Kier alpha value is -1.93. The van der Waals surface area contributed by atoms with Gasteiger partial charge in [0.05, 0.1) is 4.90 Å². The van der Waals surface area contributed by atoms with E-state index in [1.165, 1.54) is 0 Å². The summed E-state index contributed by atoms with van der Waals surface area (Å²) in [6, 6.07) is 11.5. The maximum atomic E-state index is 14.2. The van der Waals surface area contributed by atoms with E-state index in [0.29, 0.717) is 24.5 Å². The van der Waals surface area contributed by atoms with E-state index in [9.17, 15) is 8.42 Å². The smallest absolute Gasteiger partial charge is 0.244 e. The molecule has 1 aliphatic rings. The molecule has 0 saturated carbocycles. The van der Waals surface area contributed by atoms with Crippen LogP contribution in [0.15, 0.2) is 52.9 Å². The molecule has 7 heteroatoms. The van der Waals surface area contributed by atoms with Crippen LogP contribution in [0.25, 0.3) is 10.8 Å². The summed E-state index contributed by atoms with van der Waals surface area (Å²) in [5.74, 6) is 0. The molecular formula is C27H42N4O2S. The molecule has 0 unspecified atom stereocenters. The third-order valence-electron chi connectivity index (χ3n) is 6.84. The van der Waals surface area contributed by atoms with Crippen molar-refractivity contribution in [1.29, 1.82) is 0 Å². The van der Waals surface area contributed by atoms with Crippen LogP contribution in [0, 0.1) is 0 Å². The molecule has 34 heavy (non-hydrogen) atoms. The first kappa shape index (κ1) is 26.7. The zero-order valence-electron chi connectivity index (χ0n) is 22.1. The number of hydrogen-bond donors (Lipinski definition) is 1. The van der Waals surface area contributed by atoms with Gasteiger partial charge in [-0.1, -0.05) is 44.2 Å². The molecule has 0 fully saturated rings. The first-order valence-electron chi connectivity index (χ1n) is 12.3. The van der Waals surface area contributed by atoms with E-state index >= 15 is 0 Å². The Bertz CT molecular complexity index is 1150. The molecule has 0 bridgehead atoms. The van der Waals surface area contributed by atoms with Crippen LogP contribution in [-0.4, -0.2) is 75.5 Å². The third-order valence-corrected chi connectivity index (χ3v) is 8.74. The summed E-state index contributed by atoms with van der Waals surface area (Å²) in [5, 5.41) is 5.33. The highest BCUT2D eigenvalue weighted by atomic mass is 32.2. The highest BCUT2D eigenvalue weighted by molar-refractivity contribution is 7.89.